The molecule has 5 atom stereocenters. The average molecular weight is 358 g/mol. The van der Waals surface area contributed by atoms with E-state index in [1.54, 1.807) is 13.8 Å². The molecule has 2 rings (SSSR count). The van der Waals surface area contributed by atoms with Gasteiger partial charge < -0.3 is 26.0 Å². The first-order valence-corrected chi connectivity index (χ1v) is 7.85. The fraction of sp³-hybridized carbons (Fsp3) is 0.667. The van der Waals surface area contributed by atoms with E-state index in [0.29, 0.717) is 0 Å². The summed E-state index contributed by atoms with van der Waals surface area (Å²) in [6, 6.07) is 0.359. The SMILES string of the molecule is CC(C)C(N)C(=O)OC1[C@@H](CO)O[C@@H](n2ccc(N)nc2=O)[C@]1(C)F. The van der Waals surface area contributed by atoms with Gasteiger partial charge in [-0.3, -0.25) is 9.36 Å². The summed E-state index contributed by atoms with van der Waals surface area (Å²) in [5, 5.41) is 9.47. The number of aliphatic hydroxyl groups is 1. The first kappa shape index (κ1) is 19.3. The standard InChI is InChI=1S/C15H23FN4O5/c1-7(2)10(18)12(22)25-11-8(6-21)24-13(15(11,3)16)20-5-4-9(17)19-14(20)23/h4-5,7-8,10-11,13,21H,6,18H2,1-3H3,(H2,17,19,23)/t8-,10?,11?,13-,15-/m1/s1. The highest BCUT2D eigenvalue weighted by atomic mass is 19.1. The Morgan fingerprint density at radius 3 is 2.76 bits per heavy atom. The molecule has 2 unspecified atom stereocenters. The van der Waals surface area contributed by atoms with Crippen molar-refractivity contribution in [1.82, 2.24) is 9.55 Å². The Morgan fingerprint density at radius 1 is 1.60 bits per heavy atom. The molecule has 25 heavy (non-hydrogen) atoms. The number of nitrogens with two attached hydrogens (primary N) is 2. The number of anilines is 1. The van der Waals surface area contributed by atoms with E-state index in [0.717, 1.165) is 11.5 Å². The van der Waals surface area contributed by atoms with Gasteiger partial charge in [-0.1, -0.05) is 13.8 Å². The lowest BCUT2D eigenvalue weighted by Crippen LogP contribution is -2.48. The Kier molecular flexibility index (Phi) is 5.45. The van der Waals surface area contributed by atoms with Crippen LogP contribution in [0.4, 0.5) is 10.2 Å². The third-order valence-electron chi connectivity index (χ3n) is 4.20. The zero-order chi connectivity index (χ0) is 18.9. The Hall–Kier alpha value is -2.04. The van der Waals surface area contributed by atoms with Gasteiger partial charge >= 0.3 is 11.7 Å². The number of alkyl halides is 1. The Labute approximate surface area is 143 Å². The van der Waals surface area contributed by atoms with Crippen molar-refractivity contribution in [3.05, 3.63) is 22.7 Å². The number of rotatable bonds is 5. The van der Waals surface area contributed by atoms with E-state index in [9.17, 15) is 14.7 Å². The molecule has 0 spiro atoms. The fourth-order valence-electron chi connectivity index (χ4n) is 2.62. The predicted molar refractivity (Wildman–Crippen MR) is 86.1 cm³/mol. The van der Waals surface area contributed by atoms with Gasteiger partial charge in [0.2, 0.25) is 0 Å². The van der Waals surface area contributed by atoms with E-state index >= 15 is 4.39 Å². The monoisotopic (exact) mass is 358 g/mol. The number of nitrogen functional groups attached to an aromatic ring is 1. The summed E-state index contributed by atoms with van der Waals surface area (Å²) in [6.45, 7) is 3.95. The van der Waals surface area contributed by atoms with Gasteiger partial charge in [0.05, 0.1) is 6.61 Å². The summed E-state index contributed by atoms with van der Waals surface area (Å²) in [5.41, 5.74) is 8.01. The lowest BCUT2D eigenvalue weighted by atomic mass is 9.97. The van der Waals surface area contributed by atoms with Crippen molar-refractivity contribution in [1.29, 1.82) is 0 Å². The van der Waals surface area contributed by atoms with E-state index in [1.807, 2.05) is 0 Å². The van der Waals surface area contributed by atoms with Crippen LogP contribution in [0.25, 0.3) is 0 Å². The second kappa shape index (κ2) is 7.06. The van der Waals surface area contributed by atoms with Gasteiger partial charge in [0.1, 0.15) is 18.0 Å². The fourth-order valence-corrected chi connectivity index (χ4v) is 2.62. The molecule has 1 aliphatic heterocycles. The number of halogens is 1. The van der Waals surface area contributed by atoms with E-state index in [4.69, 9.17) is 20.9 Å². The first-order valence-electron chi connectivity index (χ1n) is 7.85. The van der Waals surface area contributed by atoms with Crippen LogP contribution in [-0.2, 0) is 14.3 Å². The molecule has 1 aliphatic rings. The summed E-state index contributed by atoms with van der Waals surface area (Å²) in [6.07, 6.45) is -2.82. The van der Waals surface area contributed by atoms with Crippen LogP contribution in [0.5, 0.6) is 0 Å². The number of hydrogen-bond donors (Lipinski definition) is 3. The van der Waals surface area contributed by atoms with Gasteiger partial charge in [-0.15, -0.1) is 0 Å². The number of carbonyl (C=O) groups excluding carboxylic acids is 1. The molecule has 5 N–H and O–H groups in total. The van der Waals surface area contributed by atoms with Crippen molar-refractivity contribution in [2.75, 3.05) is 12.3 Å². The van der Waals surface area contributed by atoms with Gasteiger partial charge in [0.25, 0.3) is 0 Å². The van der Waals surface area contributed by atoms with Crippen LogP contribution in [0.15, 0.2) is 17.1 Å². The van der Waals surface area contributed by atoms with Gasteiger partial charge in [0.15, 0.2) is 18.0 Å². The number of aromatic nitrogens is 2. The second-order valence-electron chi connectivity index (χ2n) is 6.53. The molecular weight excluding hydrogens is 335 g/mol. The summed E-state index contributed by atoms with van der Waals surface area (Å²) in [5.74, 6) is -1.05. The Bertz CT molecular complexity index is 693. The molecule has 10 heteroatoms. The smallest absolute Gasteiger partial charge is 0.351 e. The van der Waals surface area contributed by atoms with Crippen molar-refractivity contribution in [2.45, 2.75) is 50.9 Å². The normalized spacial score (nSPS) is 30.4. The van der Waals surface area contributed by atoms with Crippen LogP contribution >= 0.6 is 0 Å². The summed E-state index contributed by atoms with van der Waals surface area (Å²) >= 11 is 0. The minimum atomic E-state index is -2.30. The molecule has 1 aromatic heterocycles. The number of esters is 1. The van der Waals surface area contributed by atoms with Crippen LogP contribution in [0.2, 0.25) is 0 Å². The lowest BCUT2D eigenvalue weighted by Gasteiger charge is -2.28. The molecule has 140 valence electrons. The minimum Gasteiger partial charge on any atom is -0.455 e. The minimum absolute atomic E-state index is 0.0237. The van der Waals surface area contributed by atoms with Crippen LogP contribution in [-0.4, -0.2) is 51.2 Å². The average Bonchev–Trinajstić information content (AvgIpc) is 2.77. The number of carbonyl (C=O) groups is 1. The second-order valence-corrected chi connectivity index (χ2v) is 6.53. The van der Waals surface area contributed by atoms with Crippen LogP contribution < -0.4 is 17.2 Å². The molecule has 0 amide bonds. The van der Waals surface area contributed by atoms with E-state index < -0.39 is 48.4 Å². The maximum Gasteiger partial charge on any atom is 0.351 e. The molecule has 1 saturated heterocycles. The third kappa shape index (κ3) is 3.65. The molecule has 0 saturated carbocycles. The highest BCUT2D eigenvalue weighted by molar-refractivity contribution is 5.76. The number of ether oxygens (including phenoxy) is 2. The zero-order valence-electron chi connectivity index (χ0n) is 14.3. The molecule has 1 aromatic rings. The van der Waals surface area contributed by atoms with Crippen molar-refractivity contribution >= 4 is 11.8 Å². The van der Waals surface area contributed by atoms with Crippen LogP contribution in [0.3, 0.4) is 0 Å². The highest BCUT2D eigenvalue weighted by Gasteiger charge is 2.58. The number of aliphatic hydroxyl groups excluding tert-OH is 1. The van der Waals surface area contributed by atoms with Gasteiger partial charge in [0, 0.05) is 6.20 Å². The van der Waals surface area contributed by atoms with E-state index in [1.165, 1.54) is 12.3 Å². The molecule has 0 bridgehead atoms. The van der Waals surface area contributed by atoms with Crippen molar-refractivity contribution in [2.24, 2.45) is 11.7 Å². The Balaban J connectivity index is 2.32. The van der Waals surface area contributed by atoms with Crippen molar-refractivity contribution in [3.63, 3.8) is 0 Å². The molecule has 0 aliphatic carbocycles. The quantitative estimate of drug-likeness (QED) is 0.589. The van der Waals surface area contributed by atoms with Gasteiger partial charge in [-0.2, -0.15) is 4.98 Å². The molecule has 0 radical (unpaired) electrons. The summed E-state index contributed by atoms with van der Waals surface area (Å²) in [7, 11) is 0. The number of hydrogen-bond acceptors (Lipinski definition) is 8. The van der Waals surface area contributed by atoms with E-state index in [2.05, 4.69) is 4.98 Å². The third-order valence-corrected chi connectivity index (χ3v) is 4.20. The highest BCUT2D eigenvalue weighted by Crippen LogP contribution is 2.42. The van der Waals surface area contributed by atoms with Gasteiger partial charge in [-0.05, 0) is 18.9 Å². The van der Waals surface area contributed by atoms with Crippen LogP contribution in [0.1, 0.15) is 27.0 Å². The van der Waals surface area contributed by atoms with E-state index in [-0.39, 0.29) is 11.7 Å². The van der Waals surface area contributed by atoms with Gasteiger partial charge in [-0.25, -0.2) is 9.18 Å². The largest absolute Gasteiger partial charge is 0.455 e. The molecule has 1 fully saturated rings. The Morgan fingerprint density at radius 2 is 2.24 bits per heavy atom. The topological polar surface area (TPSA) is 143 Å². The summed E-state index contributed by atoms with van der Waals surface area (Å²) < 4.78 is 26.9. The first-order chi connectivity index (χ1) is 11.6. The predicted octanol–water partition coefficient (Wildman–Crippen LogP) is -0.661. The summed E-state index contributed by atoms with van der Waals surface area (Å²) in [4.78, 5) is 27.6. The van der Waals surface area contributed by atoms with Crippen molar-refractivity contribution in [3.8, 4) is 0 Å². The molecule has 0 aromatic carbocycles. The number of nitrogens with zero attached hydrogens (tertiary/aromatic N) is 2. The maximum atomic E-state index is 15.4. The maximum absolute atomic E-state index is 15.4. The molecule has 9 nitrogen and oxygen atoms in total. The lowest BCUT2D eigenvalue weighted by molar-refractivity contribution is -0.161. The zero-order valence-corrected chi connectivity index (χ0v) is 14.3. The van der Waals surface area contributed by atoms with Crippen LogP contribution in [0, 0.1) is 5.92 Å². The molecule has 2 heterocycles. The molecular formula is C15H23FN4O5. The van der Waals surface area contributed by atoms with Crippen molar-refractivity contribution < 1.29 is 23.8 Å².